The smallest absolute Gasteiger partial charge is 0.325 e. The van der Waals surface area contributed by atoms with Gasteiger partial charge in [0.1, 0.15) is 6.33 Å². The van der Waals surface area contributed by atoms with Crippen molar-refractivity contribution in [2.75, 3.05) is 11.1 Å². The molecular weight excluding hydrogens is 377 g/mol. The van der Waals surface area contributed by atoms with Crippen molar-refractivity contribution in [3.05, 3.63) is 66.0 Å². The molecule has 0 aliphatic carbocycles. The number of nitrogens with zero attached hydrogens (tertiary/aromatic N) is 3. The van der Waals surface area contributed by atoms with E-state index in [-0.39, 0.29) is 11.7 Å². The third-order valence-corrected chi connectivity index (χ3v) is 4.66. The lowest BCUT2D eigenvalue weighted by molar-refractivity contribution is -0.137. The summed E-state index contributed by atoms with van der Waals surface area (Å²) in [4.78, 5) is 12.1. The number of alkyl halides is 3. The van der Waals surface area contributed by atoms with Gasteiger partial charge >= 0.3 is 6.18 Å². The molecule has 1 amide bonds. The molecule has 0 spiro atoms. The van der Waals surface area contributed by atoms with Gasteiger partial charge in [0.25, 0.3) is 0 Å². The normalized spacial score (nSPS) is 11.4. The molecule has 1 aromatic heterocycles. The van der Waals surface area contributed by atoms with Gasteiger partial charge in [-0.15, -0.1) is 10.2 Å². The molecule has 0 saturated carbocycles. The summed E-state index contributed by atoms with van der Waals surface area (Å²) < 4.78 is 39.5. The van der Waals surface area contributed by atoms with Gasteiger partial charge in [-0.1, -0.05) is 30.0 Å². The molecule has 0 bridgehead atoms. The largest absolute Gasteiger partial charge is 0.416 e. The number of hydrogen-bond acceptors (Lipinski definition) is 4. The SMILES string of the molecule is Cc1ccccc1-n1cnnc1SCC(=O)Nc1ccc(C(F)(F)F)cc1. The van der Waals surface area contributed by atoms with E-state index in [1.54, 1.807) is 10.9 Å². The van der Waals surface area contributed by atoms with Gasteiger partial charge in [0.05, 0.1) is 17.0 Å². The fraction of sp³-hybridized carbons (Fsp3) is 0.167. The Kier molecular flexibility index (Phi) is 5.50. The lowest BCUT2D eigenvalue weighted by Gasteiger charge is -2.10. The first-order chi connectivity index (χ1) is 12.8. The number of rotatable bonds is 5. The highest BCUT2D eigenvalue weighted by Crippen LogP contribution is 2.30. The summed E-state index contributed by atoms with van der Waals surface area (Å²) in [6.07, 6.45) is -2.84. The van der Waals surface area contributed by atoms with Crippen LogP contribution in [0.2, 0.25) is 0 Å². The van der Waals surface area contributed by atoms with Crippen molar-refractivity contribution in [1.29, 1.82) is 0 Å². The lowest BCUT2D eigenvalue weighted by Crippen LogP contribution is -2.15. The van der Waals surface area contributed by atoms with Crippen LogP contribution in [0.5, 0.6) is 0 Å². The topological polar surface area (TPSA) is 59.8 Å². The molecule has 3 aromatic rings. The van der Waals surface area contributed by atoms with Gasteiger partial charge in [0.15, 0.2) is 5.16 Å². The first kappa shape index (κ1) is 19.0. The summed E-state index contributed by atoms with van der Waals surface area (Å²) in [5.74, 6) is -0.301. The van der Waals surface area contributed by atoms with Crippen molar-refractivity contribution in [3.63, 3.8) is 0 Å². The van der Waals surface area contributed by atoms with E-state index in [2.05, 4.69) is 15.5 Å². The van der Waals surface area contributed by atoms with Crippen molar-refractivity contribution in [1.82, 2.24) is 14.8 Å². The Morgan fingerprint density at radius 2 is 1.85 bits per heavy atom. The van der Waals surface area contributed by atoms with E-state index in [1.165, 1.54) is 23.9 Å². The van der Waals surface area contributed by atoms with Crippen LogP contribution in [0.4, 0.5) is 18.9 Å². The Morgan fingerprint density at radius 3 is 2.52 bits per heavy atom. The molecule has 0 radical (unpaired) electrons. The van der Waals surface area contributed by atoms with Crippen molar-refractivity contribution in [2.45, 2.75) is 18.3 Å². The van der Waals surface area contributed by atoms with E-state index in [0.29, 0.717) is 10.8 Å². The molecule has 0 atom stereocenters. The van der Waals surface area contributed by atoms with Crippen molar-refractivity contribution < 1.29 is 18.0 Å². The zero-order valence-electron chi connectivity index (χ0n) is 14.2. The monoisotopic (exact) mass is 392 g/mol. The molecule has 1 N–H and O–H groups in total. The van der Waals surface area contributed by atoms with Gasteiger partial charge in [-0.05, 0) is 42.8 Å². The quantitative estimate of drug-likeness (QED) is 0.657. The Labute approximate surface area is 157 Å². The third-order valence-electron chi connectivity index (χ3n) is 3.72. The Morgan fingerprint density at radius 1 is 1.15 bits per heavy atom. The number of amides is 1. The van der Waals surface area contributed by atoms with Crippen LogP contribution in [0.1, 0.15) is 11.1 Å². The van der Waals surface area contributed by atoms with Crippen LogP contribution in [0.25, 0.3) is 5.69 Å². The number of aromatic nitrogens is 3. The number of carbonyl (C=O) groups excluding carboxylic acids is 1. The summed E-state index contributed by atoms with van der Waals surface area (Å²) in [7, 11) is 0. The second-order valence-corrected chi connectivity index (χ2v) is 6.62. The van der Waals surface area contributed by atoms with Gasteiger partial charge in [0, 0.05) is 5.69 Å². The molecule has 0 saturated heterocycles. The summed E-state index contributed by atoms with van der Waals surface area (Å²) in [5, 5.41) is 11.0. The molecule has 9 heteroatoms. The highest BCUT2D eigenvalue weighted by atomic mass is 32.2. The van der Waals surface area contributed by atoms with Crippen LogP contribution in [0.15, 0.2) is 60.0 Å². The summed E-state index contributed by atoms with van der Waals surface area (Å²) in [5.41, 5.74) is 1.48. The van der Waals surface area contributed by atoms with Crippen LogP contribution in [-0.4, -0.2) is 26.4 Å². The second-order valence-electron chi connectivity index (χ2n) is 5.68. The number of para-hydroxylation sites is 1. The fourth-order valence-electron chi connectivity index (χ4n) is 2.39. The maximum absolute atomic E-state index is 12.6. The van der Waals surface area contributed by atoms with E-state index in [4.69, 9.17) is 0 Å². The van der Waals surface area contributed by atoms with E-state index < -0.39 is 11.7 Å². The van der Waals surface area contributed by atoms with Gasteiger partial charge in [0.2, 0.25) is 5.91 Å². The maximum atomic E-state index is 12.6. The standard InChI is InChI=1S/C18H15F3N4OS/c1-12-4-2-3-5-15(12)25-11-22-24-17(25)27-10-16(26)23-14-8-6-13(7-9-14)18(19,20)21/h2-9,11H,10H2,1H3,(H,23,26). The minimum Gasteiger partial charge on any atom is -0.325 e. The first-order valence-electron chi connectivity index (χ1n) is 7.90. The molecular formula is C18H15F3N4OS. The molecule has 0 unspecified atom stereocenters. The molecule has 2 aromatic carbocycles. The predicted molar refractivity (Wildman–Crippen MR) is 96.9 cm³/mol. The molecule has 0 aliphatic heterocycles. The van der Waals surface area contributed by atoms with Gasteiger partial charge < -0.3 is 5.32 Å². The molecule has 1 heterocycles. The molecule has 0 fully saturated rings. The number of halogens is 3. The average molecular weight is 392 g/mol. The minimum atomic E-state index is -4.40. The highest BCUT2D eigenvalue weighted by Gasteiger charge is 2.30. The van der Waals surface area contributed by atoms with Gasteiger partial charge in [-0.25, -0.2) is 0 Å². The number of thioether (sulfide) groups is 1. The molecule has 3 rings (SSSR count). The van der Waals surface area contributed by atoms with E-state index in [9.17, 15) is 18.0 Å². The first-order valence-corrected chi connectivity index (χ1v) is 8.89. The number of nitrogens with one attached hydrogen (secondary N) is 1. The molecule has 140 valence electrons. The van der Waals surface area contributed by atoms with Crippen molar-refractivity contribution >= 4 is 23.4 Å². The van der Waals surface area contributed by atoms with E-state index in [0.717, 1.165) is 23.4 Å². The summed E-state index contributed by atoms with van der Waals surface area (Å²) >= 11 is 1.19. The van der Waals surface area contributed by atoms with Crippen molar-refractivity contribution in [3.8, 4) is 5.69 Å². The van der Waals surface area contributed by atoms with Crippen LogP contribution < -0.4 is 5.32 Å². The number of benzene rings is 2. The maximum Gasteiger partial charge on any atom is 0.416 e. The van der Waals surface area contributed by atoms with Crippen LogP contribution in [-0.2, 0) is 11.0 Å². The van der Waals surface area contributed by atoms with Gasteiger partial charge in [-0.3, -0.25) is 9.36 Å². The second kappa shape index (κ2) is 7.83. The lowest BCUT2D eigenvalue weighted by atomic mass is 10.2. The minimum absolute atomic E-state index is 0.0472. The number of aryl methyl sites for hydroxylation is 1. The molecule has 27 heavy (non-hydrogen) atoms. The van der Waals surface area contributed by atoms with Gasteiger partial charge in [-0.2, -0.15) is 13.2 Å². The fourth-order valence-corrected chi connectivity index (χ4v) is 3.11. The number of carbonyl (C=O) groups is 1. The molecule has 5 nitrogen and oxygen atoms in total. The molecule has 0 aliphatic rings. The third kappa shape index (κ3) is 4.68. The number of hydrogen-bond donors (Lipinski definition) is 1. The predicted octanol–water partition coefficient (Wildman–Crippen LogP) is 4.33. The van der Waals surface area contributed by atoms with Crippen LogP contribution in [0, 0.1) is 6.92 Å². The number of anilines is 1. The van der Waals surface area contributed by atoms with Crippen LogP contribution >= 0.6 is 11.8 Å². The average Bonchev–Trinajstić information content (AvgIpc) is 3.08. The Balaban J connectivity index is 1.62. The van der Waals surface area contributed by atoms with Crippen LogP contribution in [0.3, 0.4) is 0 Å². The Hall–Kier alpha value is -2.81. The van der Waals surface area contributed by atoms with E-state index in [1.807, 2.05) is 31.2 Å². The van der Waals surface area contributed by atoms with Crippen molar-refractivity contribution in [2.24, 2.45) is 0 Å². The van der Waals surface area contributed by atoms with E-state index >= 15 is 0 Å². The summed E-state index contributed by atoms with van der Waals surface area (Å²) in [6.45, 7) is 1.96. The zero-order chi connectivity index (χ0) is 19.4. The highest BCUT2D eigenvalue weighted by molar-refractivity contribution is 7.99. The Bertz CT molecular complexity index is 938. The summed E-state index contributed by atoms with van der Waals surface area (Å²) in [6, 6.07) is 12.0. The zero-order valence-corrected chi connectivity index (χ0v) is 15.0.